The van der Waals surface area contributed by atoms with Crippen molar-refractivity contribution in [2.75, 3.05) is 24.5 Å². The van der Waals surface area contributed by atoms with E-state index in [4.69, 9.17) is 16.3 Å². The van der Waals surface area contributed by atoms with Gasteiger partial charge in [0.1, 0.15) is 5.60 Å². The van der Waals surface area contributed by atoms with Crippen LogP contribution in [0.4, 0.5) is 10.5 Å². The first-order chi connectivity index (χ1) is 12.5. The lowest BCUT2D eigenvalue weighted by molar-refractivity contribution is 0.0443. The number of aromatic nitrogens is 2. The standard InChI is InChI=1S/C19H23ClN4O2/c1-22-12-15(11-21-22)13-23-9-2-7-19(8-10-23)14-24(18(25)26-19)17-5-3-16(20)4-6-17/h3-6,11-12H,2,7-10,13-14H2,1H3. The Bertz CT molecular complexity index is 791. The Kier molecular flexibility index (Phi) is 4.63. The lowest BCUT2D eigenvalue weighted by Crippen LogP contribution is -2.36. The van der Waals surface area contributed by atoms with Crippen molar-refractivity contribution >= 4 is 23.4 Å². The predicted octanol–water partition coefficient (Wildman–Crippen LogP) is 3.46. The third-order valence-corrected chi connectivity index (χ3v) is 5.52. The second kappa shape index (κ2) is 6.93. The summed E-state index contributed by atoms with van der Waals surface area (Å²) in [4.78, 5) is 16.6. The number of amides is 1. The van der Waals surface area contributed by atoms with Crippen molar-refractivity contribution in [3.8, 4) is 0 Å². The molecule has 1 unspecified atom stereocenters. The summed E-state index contributed by atoms with van der Waals surface area (Å²) in [6, 6.07) is 7.35. The maximum atomic E-state index is 12.5. The van der Waals surface area contributed by atoms with Crippen LogP contribution in [0.3, 0.4) is 0 Å². The Hall–Kier alpha value is -2.05. The number of benzene rings is 1. The number of hydrogen-bond donors (Lipinski definition) is 0. The highest BCUT2D eigenvalue weighted by Gasteiger charge is 2.46. The zero-order valence-electron chi connectivity index (χ0n) is 14.9. The normalized spacial score (nSPS) is 24.1. The fourth-order valence-corrected chi connectivity index (χ4v) is 4.02. The maximum Gasteiger partial charge on any atom is 0.415 e. The van der Waals surface area contributed by atoms with Gasteiger partial charge in [-0.25, -0.2) is 4.79 Å². The van der Waals surface area contributed by atoms with Gasteiger partial charge in [0.15, 0.2) is 0 Å². The van der Waals surface area contributed by atoms with E-state index in [1.807, 2.05) is 30.1 Å². The van der Waals surface area contributed by atoms with Crippen molar-refractivity contribution < 1.29 is 9.53 Å². The molecule has 1 spiro atoms. The van der Waals surface area contributed by atoms with E-state index < -0.39 is 0 Å². The molecule has 26 heavy (non-hydrogen) atoms. The first kappa shape index (κ1) is 17.4. The minimum Gasteiger partial charge on any atom is -0.441 e. The van der Waals surface area contributed by atoms with Crippen LogP contribution in [-0.4, -0.2) is 46.0 Å². The number of rotatable bonds is 3. The van der Waals surface area contributed by atoms with E-state index in [0.29, 0.717) is 11.6 Å². The Morgan fingerprint density at radius 3 is 2.77 bits per heavy atom. The van der Waals surface area contributed by atoms with E-state index in [9.17, 15) is 4.79 Å². The van der Waals surface area contributed by atoms with Crippen LogP contribution in [0, 0.1) is 0 Å². The molecule has 2 aliphatic heterocycles. The molecule has 2 saturated heterocycles. The minimum absolute atomic E-state index is 0.256. The van der Waals surface area contributed by atoms with Crippen LogP contribution in [0.15, 0.2) is 36.7 Å². The largest absolute Gasteiger partial charge is 0.441 e. The number of hydrogen-bond acceptors (Lipinski definition) is 4. The van der Waals surface area contributed by atoms with Crippen LogP contribution < -0.4 is 4.90 Å². The molecular formula is C19H23ClN4O2. The van der Waals surface area contributed by atoms with E-state index in [1.165, 1.54) is 5.56 Å². The molecule has 2 aromatic rings. The number of nitrogens with zero attached hydrogens (tertiary/aromatic N) is 4. The summed E-state index contributed by atoms with van der Waals surface area (Å²) in [5.74, 6) is 0. The van der Waals surface area contributed by atoms with Gasteiger partial charge in [-0.3, -0.25) is 14.5 Å². The van der Waals surface area contributed by atoms with Gasteiger partial charge in [0.25, 0.3) is 0 Å². The van der Waals surface area contributed by atoms with Gasteiger partial charge >= 0.3 is 6.09 Å². The number of ether oxygens (including phenoxy) is 1. The molecule has 2 fully saturated rings. The monoisotopic (exact) mass is 374 g/mol. The van der Waals surface area contributed by atoms with Gasteiger partial charge in [-0.1, -0.05) is 11.6 Å². The van der Waals surface area contributed by atoms with Gasteiger partial charge in [0.05, 0.1) is 12.7 Å². The zero-order valence-corrected chi connectivity index (χ0v) is 15.7. The molecule has 1 aromatic carbocycles. The smallest absolute Gasteiger partial charge is 0.415 e. The predicted molar refractivity (Wildman–Crippen MR) is 100 cm³/mol. The topological polar surface area (TPSA) is 50.6 Å². The number of likely N-dealkylation sites (tertiary alicyclic amines) is 1. The van der Waals surface area contributed by atoms with Crippen LogP contribution in [0.5, 0.6) is 0 Å². The first-order valence-electron chi connectivity index (χ1n) is 8.99. The molecule has 4 rings (SSSR count). The summed E-state index contributed by atoms with van der Waals surface area (Å²) in [6.45, 7) is 3.42. The fourth-order valence-electron chi connectivity index (χ4n) is 3.90. The SMILES string of the molecule is Cn1cc(CN2CCCC3(CC2)CN(c2ccc(Cl)cc2)C(=O)O3)cn1. The van der Waals surface area contributed by atoms with Crippen molar-refractivity contribution in [3.05, 3.63) is 47.2 Å². The Balaban J connectivity index is 1.43. The van der Waals surface area contributed by atoms with Gasteiger partial charge < -0.3 is 4.74 Å². The molecule has 0 radical (unpaired) electrons. The fraction of sp³-hybridized carbons (Fsp3) is 0.474. The van der Waals surface area contributed by atoms with Gasteiger partial charge in [-0.05, 0) is 43.7 Å². The molecule has 0 saturated carbocycles. The number of carbonyl (C=O) groups is 1. The molecule has 1 amide bonds. The van der Waals surface area contributed by atoms with Crippen molar-refractivity contribution in [1.82, 2.24) is 14.7 Å². The average molecular weight is 375 g/mol. The molecule has 0 bridgehead atoms. The lowest BCUT2D eigenvalue weighted by atomic mass is 9.95. The molecule has 0 aliphatic carbocycles. The van der Waals surface area contributed by atoms with Crippen molar-refractivity contribution in [2.45, 2.75) is 31.4 Å². The Morgan fingerprint density at radius 2 is 2.04 bits per heavy atom. The van der Waals surface area contributed by atoms with Crippen LogP contribution in [0.1, 0.15) is 24.8 Å². The zero-order chi connectivity index (χ0) is 18.1. The highest BCUT2D eigenvalue weighted by atomic mass is 35.5. The summed E-state index contributed by atoms with van der Waals surface area (Å²) in [7, 11) is 1.93. The lowest BCUT2D eigenvalue weighted by Gasteiger charge is -2.25. The highest BCUT2D eigenvalue weighted by molar-refractivity contribution is 6.30. The summed E-state index contributed by atoms with van der Waals surface area (Å²) in [5, 5.41) is 4.90. The molecule has 2 aliphatic rings. The molecule has 3 heterocycles. The van der Waals surface area contributed by atoms with Crippen molar-refractivity contribution in [1.29, 1.82) is 0 Å². The average Bonchev–Trinajstić information content (AvgIpc) is 3.10. The minimum atomic E-state index is -0.388. The second-order valence-electron chi connectivity index (χ2n) is 7.27. The number of halogens is 1. The van der Waals surface area contributed by atoms with Gasteiger partial charge in [-0.2, -0.15) is 5.10 Å². The highest BCUT2D eigenvalue weighted by Crippen LogP contribution is 2.36. The third-order valence-electron chi connectivity index (χ3n) is 5.26. The van der Waals surface area contributed by atoms with E-state index in [-0.39, 0.29) is 11.7 Å². The maximum absolute atomic E-state index is 12.5. The van der Waals surface area contributed by atoms with Crippen LogP contribution in [0.2, 0.25) is 5.02 Å². The first-order valence-corrected chi connectivity index (χ1v) is 9.37. The van der Waals surface area contributed by atoms with E-state index >= 15 is 0 Å². The van der Waals surface area contributed by atoms with Crippen LogP contribution >= 0.6 is 11.6 Å². The van der Waals surface area contributed by atoms with E-state index in [1.54, 1.807) is 17.0 Å². The Morgan fingerprint density at radius 1 is 1.23 bits per heavy atom. The summed E-state index contributed by atoms with van der Waals surface area (Å²) in [6.07, 6.45) is 6.47. The van der Waals surface area contributed by atoms with Crippen molar-refractivity contribution in [3.63, 3.8) is 0 Å². The molecule has 7 heteroatoms. The van der Waals surface area contributed by atoms with Crippen LogP contribution in [-0.2, 0) is 18.3 Å². The van der Waals surface area contributed by atoms with E-state index in [0.717, 1.165) is 44.6 Å². The third kappa shape index (κ3) is 3.57. The Labute approximate surface area is 158 Å². The molecule has 6 nitrogen and oxygen atoms in total. The van der Waals surface area contributed by atoms with Gasteiger partial charge in [0.2, 0.25) is 0 Å². The number of anilines is 1. The van der Waals surface area contributed by atoms with E-state index in [2.05, 4.69) is 16.2 Å². The number of aryl methyl sites for hydroxylation is 1. The van der Waals surface area contributed by atoms with Crippen LogP contribution in [0.25, 0.3) is 0 Å². The molecular weight excluding hydrogens is 352 g/mol. The molecule has 0 N–H and O–H groups in total. The molecule has 1 aromatic heterocycles. The van der Waals surface area contributed by atoms with Gasteiger partial charge in [-0.15, -0.1) is 0 Å². The van der Waals surface area contributed by atoms with Gasteiger partial charge in [0, 0.05) is 49.0 Å². The molecule has 1 atom stereocenters. The summed E-state index contributed by atoms with van der Waals surface area (Å²) >= 11 is 5.96. The quantitative estimate of drug-likeness (QED) is 0.825. The number of carbonyl (C=O) groups excluding carboxylic acids is 1. The second-order valence-corrected chi connectivity index (χ2v) is 7.70. The molecule has 138 valence electrons. The summed E-state index contributed by atoms with van der Waals surface area (Å²) in [5.41, 5.74) is 1.67. The summed E-state index contributed by atoms with van der Waals surface area (Å²) < 4.78 is 7.71. The van der Waals surface area contributed by atoms with Crippen molar-refractivity contribution in [2.24, 2.45) is 7.05 Å².